The Morgan fingerprint density at radius 1 is 1.43 bits per heavy atom. The Labute approximate surface area is 127 Å². The van der Waals surface area contributed by atoms with Crippen LogP contribution in [0.3, 0.4) is 0 Å². The molecule has 7 heteroatoms. The lowest BCUT2D eigenvalue weighted by atomic mass is 9.88. The number of nitrogens with zero attached hydrogens (tertiary/aromatic N) is 1. The van der Waals surface area contributed by atoms with Crippen LogP contribution in [0.25, 0.3) is 0 Å². The molecule has 1 aliphatic rings. The summed E-state index contributed by atoms with van der Waals surface area (Å²) < 4.78 is 28.4. The van der Waals surface area contributed by atoms with Gasteiger partial charge in [-0.05, 0) is 31.7 Å². The standard InChI is InChI=1S/C14H26N4O2S/c1-5-15-9-11-13(10(2)16-17-11)21(19,20)18-12-7-6-8-14(12,3)4/h12,15,18H,5-9H2,1-4H3,(H,16,17). The number of aromatic nitrogens is 2. The van der Waals surface area contributed by atoms with Gasteiger partial charge in [0.15, 0.2) is 0 Å². The van der Waals surface area contributed by atoms with E-state index in [0.29, 0.717) is 22.8 Å². The molecule has 1 aromatic rings. The first-order chi connectivity index (χ1) is 9.78. The first kappa shape index (κ1) is 16.5. The molecule has 0 spiro atoms. The van der Waals surface area contributed by atoms with E-state index in [1.54, 1.807) is 6.92 Å². The number of sulfonamides is 1. The van der Waals surface area contributed by atoms with E-state index in [2.05, 4.69) is 34.1 Å². The summed E-state index contributed by atoms with van der Waals surface area (Å²) in [6.07, 6.45) is 3.01. The Hall–Kier alpha value is -0.920. The molecule has 0 saturated heterocycles. The van der Waals surface area contributed by atoms with E-state index in [1.807, 2.05) is 6.92 Å². The molecule has 0 aromatic carbocycles. The lowest BCUT2D eigenvalue weighted by Gasteiger charge is -2.27. The summed E-state index contributed by atoms with van der Waals surface area (Å²) in [6.45, 7) is 9.19. The molecule has 1 atom stereocenters. The Balaban J connectivity index is 2.25. The van der Waals surface area contributed by atoms with Crippen molar-refractivity contribution in [3.63, 3.8) is 0 Å². The van der Waals surface area contributed by atoms with Gasteiger partial charge in [-0.1, -0.05) is 27.2 Å². The fourth-order valence-corrected chi connectivity index (χ4v) is 4.79. The summed E-state index contributed by atoms with van der Waals surface area (Å²) in [4.78, 5) is 0.297. The van der Waals surface area contributed by atoms with E-state index in [0.717, 1.165) is 25.8 Å². The van der Waals surface area contributed by atoms with Crippen LogP contribution in [0.4, 0.5) is 0 Å². The lowest BCUT2D eigenvalue weighted by molar-refractivity contribution is 0.313. The van der Waals surface area contributed by atoms with E-state index in [-0.39, 0.29) is 11.5 Å². The van der Waals surface area contributed by atoms with Crippen LogP contribution in [0.2, 0.25) is 0 Å². The molecule has 2 rings (SSSR count). The topological polar surface area (TPSA) is 86.9 Å². The van der Waals surface area contributed by atoms with Gasteiger partial charge in [0.2, 0.25) is 10.0 Å². The van der Waals surface area contributed by atoms with E-state index < -0.39 is 10.0 Å². The third-order valence-electron chi connectivity index (χ3n) is 4.33. The number of H-pyrrole nitrogens is 1. The minimum absolute atomic E-state index is 0.00649. The van der Waals surface area contributed by atoms with Gasteiger partial charge in [0, 0.05) is 12.6 Å². The maximum Gasteiger partial charge on any atom is 0.244 e. The molecule has 0 bridgehead atoms. The first-order valence-corrected chi connectivity index (χ1v) is 9.03. The quantitative estimate of drug-likeness (QED) is 0.745. The molecule has 1 saturated carbocycles. The highest BCUT2D eigenvalue weighted by atomic mass is 32.2. The normalized spacial score (nSPS) is 21.8. The molecule has 1 unspecified atom stereocenters. The van der Waals surface area contributed by atoms with Crippen LogP contribution in [0, 0.1) is 12.3 Å². The molecule has 1 aliphatic carbocycles. The fourth-order valence-electron chi connectivity index (χ4n) is 2.98. The predicted octanol–water partition coefficient (Wildman–Crippen LogP) is 1.68. The molecular weight excluding hydrogens is 288 g/mol. The molecule has 6 nitrogen and oxygen atoms in total. The van der Waals surface area contributed by atoms with Gasteiger partial charge in [-0.25, -0.2) is 13.1 Å². The summed E-state index contributed by atoms with van der Waals surface area (Å²) in [6, 6.07) is -0.0104. The van der Waals surface area contributed by atoms with Gasteiger partial charge in [0.1, 0.15) is 4.90 Å². The molecule has 1 heterocycles. The Morgan fingerprint density at radius 2 is 2.14 bits per heavy atom. The van der Waals surface area contributed by atoms with Gasteiger partial charge >= 0.3 is 0 Å². The zero-order valence-corrected chi connectivity index (χ0v) is 14.1. The lowest BCUT2D eigenvalue weighted by Crippen LogP contribution is -2.41. The van der Waals surface area contributed by atoms with Crippen molar-refractivity contribution in [1.29, 1.82) is 0 Å². The monoisotopic (exact) mass is 314 g/mol. The average molecular weight is 314 g/mol. The van der Waals surface area contributed by atoms with Gasteiger partial charge in [-0.15, -0.1) is 0 Å². The van der Waals surface area contributed by atoms with Crippen molar-refractivity contribution in [1.82, 2.24) is 20.2 Å². The summed E-state index contributed by atoms with van der Waals surface area (Å²) in [5, 5.41) is 10.0. The Kier molecular flexibility index (Phi) is 4.75. The zero-order chi connectivity index (χ0) is 15.7. The van der Waals surface area contributed by atoms with Gasteiger partial charge in [-0.3, -0.25) is 5.10 Å². The van der Waals surface area contributed by atoms with Crippen LogP contribution in [0.1, 0.15) is 51.4 Å². The van der Waals surface area contributed by atoms with Gasteiger partial charge in [-0.2, -0.15) is 5.10 Å². The van der Waals surface area contributed by atoms with E-state index in [9.17, 15) is 8.42 Å². The van der Waals surface area contributed by atoms with Crippen LogP contribution in [-0.4, -0.2) is 31.2 Å². The first-order valence-electron chi connectivity index (χ1n) is 7.55. The second-order valence-electron chi connectivity index (χ2n) is 6.46. The van der Waals surface area contributed by atoms with Crippen LogP contribution in [0.15, 0.2) is 4.90 Å². The van der Waals surface area contributed by atoms with Gasteiger partial charge in [0.25, 0.3) is 0 Å². The van der Waals surface area contributed by atoms with Crippen LogP contribution >= 0.6 is 0 Å². The van der Waals surface area contributed by atoms with Crippen molar-refractivity contribution in [2.75, 3.05) is 6.54 Å². The van der Waals surface area contributed by atoms with Crippen molar-refractivity contribution in [3.8, 4) is 0 Å². The van der Waals surface area contributed by atoms with E-state index >= 15 is 0 Å². The molecular formula is C14H26N4O2S. The number of rotatable bonds is 6. The third kappa shape index (κ3) is 3.46. The molecule has 0 amide bonds. The minimum Gasteiger partial charge on any atom is -0.311 e. The number of aromatic amines is 1. The largest absolute Gasteiger partial charge is 0.311 e. The van der Waals surface area contributed by atoms with Crippen LogP contribution in [-0.2, 0) is 16.6 Å². The van der Waals surface area contributed by atoms with Crippen molar-refractivity contribution in [2.45, 2.75) is 64.4 Å². The molecule has 120 valence electrons. The molecule has 1 aromatic heterocycles. The number of aryl methyl sites for hydroxylation is 1. The van der Waals surface area contributed by atoms with Crippen molar-refractivity contribution in [3.05, 3.63) is 11.4 Å². The molecule has 0 radical (unpaired) electrons. The maximum absolute atomic E-state index is 12.7. The van der Waals surface area contributed by atoms with Crippen molar-refractivity contribution < 1.29 is 8.42 Å². The Bertz CT molecular complexity index is 592. The van der Waals surface area contributed by atoms with Crippen molar-refractivity contribution in [2.24, 2.45) is 5.41 Å². The van der Waals surface area contributed by atoms with Crippen LogP contribution in [0.5, 0.6) is 0 Å². The molecule has 21 heavy (non-hydrogen) atoms. The third-order valence-corrected chi connectivity index (χ3v) is 6.00. The molecule has 3 N–H and O–H groups in total. The van der Waals surface area contributed by atoms with Gasteiger partial charge in [0.05, 0.1) is 11.4 Å². The smallest absolute Gasteiger partial charge is 0.244 e. The highest BCUT2D eigenvalue weighted by molar-refractivity contribution is 7.89. The molecule has 1 fully saturated rings. The number of hydrogen-bond acceptors (Lipinski definition) is 4. The fraction of sp³-hybridized carbons (Fsp3) is 0.786. The average Bonchev–Trinajstić information content (AvgIpc) is 2.90. The molecule has 0 aliphatic heterocycles. The number of hydrogen-bond donors (Lipinski definition) is 3. The number of nitrogens with one attached hydrogen (secondary N) is 3. The highest BCUT2D eigenvalue weighted by Crippen LogP contribution is 2.38. The second kappa shape index (κ2) is 6.06. The predicted molar refractivity (Wildman–Crippen MR) is 82.4 cm³/mol. The highest BCUT2D eigenvalue weighted by Gasteiger charge is 2.38. The Morgan fingerprint density at radius 3 is 2.71 bits per heavy atom. The summed E-state index contributed by atoms with van der Waals surface area (Å²) in [5.41, 5.74) is 1.15. The van der Waals surface area contributed by atoms with Gasteiger partial charge < -0.3 is 5.32 Å². The SMILES string of the molecule is CCNCc1n[nH]c(C)c1S(=O)(=O)NC1CCCC1(C)C. The summed E-state index contributed by atoms with van der Waals surface area (Å²) >= 11 is 0. The maximum atomic E-state index is 12.7. The van der Waals surface area contributed by atoms with Crippen LogP contribution < -0.4 is 10.0 Å². The minimum atomic E-state index is -3.55. The summed E-state index contributed by atoms with van der Waals surface area (Å²) in [7, 11) is -3.55. The van der Waals surface area contributed by atoms with Crippen molar-refractivity contribution >= 4 is 10.0 Å². The summed E-state index contributed by atoms with van der Waals surface area (Å²) in [5.74, 6) is 0. The van der Waals surface area contributed by atoms with E-state index in [4.69, 9.17) is 0 Å². The zero-order valence-electron chi connectivity index (χ0n) is 13.3. The van der Waals surface area contributed by atoms with E-state index in [1.165, 1.54) is 0 Å². The second-order valence-corrected chi connectivity index (χ2v) is 8.11.